The minimum absolute atomic E-state index is 0.163. The monoisotopic (exact) mass is 559 g/mol. The molecular weight excluding hydrogens is 522 g/mol. The minimum atomic E-state index is -0.163. The van der Waals surface area contributed by atoms with E-state index in [1.807, 2.05) is 67.6 Å². The van der Waals surface area contributed by atoms with Crippen LogP contribution in [0.5, 0.6) is 11.5 Å². The maximum absolute atomic E-state index is 13.4. The van der Waals surface area contributed by atoms with Gasteiger partial charge in [0.25, 0.3) is 5.91 Å². The lowest BCUT2D eigenvalue weighted by molar-refractivity contribution is 0.102. The Hall–Kier alpha value is -4.46. The van der Waals surface area contributed by atoms with E-state index < -0.39 is 0 Å². The van der Waals surface area contributed by atoms with E-state index in [9.17, 15) is 4.79 Å². The van der Waals surface area contributed by atoms with Crippen LogP contribution in [0.3, 0.4) is 0 Å². The molecule has 1 aliphatic carbocycles. The summed E-state index contributed by atoms with van der Waals surface area (Å²) in [6.07, 6.45) is 4.87. The SMILES string of the molecule is Cc1cc(NC(=O)c2cc(Oc3cc(-c4cccc(N)c4)nc4c3C=CC4)ccc2C)ccc1CN1CCN(C)CC1. The Bertz CT molecular complexity index is 1670. The molecule has 3 N–H and O–H groups in total. The zero-order valence-electron chi connectivity index (χ0n) is 24.5. The number of aryl methyl sites for hydroxylation is 2. The number of fused-ring (bicyclic) bond motifs is 1. The maximum atomic E-state index is 13.4. The lowest BCUT2D eigenvalue weighted by atomic mass is 10.1. The molecule has 0 saturated carbocycles. The minimum Gasteiger partial charge on any atom is -0.457 e. The summed E-state index contributed by atoms with van der Waals surface area (Å²) >= 11 is 0. The van der Waals surface area contributed by atoms with E-state index in [4.69, 9.17) is 15.5 Å². The standard InChI is InChI=1S/C35H37N5O2/c1-23-10-13-29(42-34-21-33(25-6-4-7-27(36)19-25)38-32-9-5-8-30(32)34)20-31(23)35(41)37-28-12-11-26(24(2)18-28)22-40-16-14-39(3)15-17-40/h4-8,10-13,18-21H,9,14-17,22,36H2,1-3H3,(H,37,41). The van der Waals surface area contributed by atoms with Gasteiger partial charge >= 0.3 is 0 Å². The fraction of sp³-hybridized carbons (Fsp3) is 0.257. The van der Waals surface area contributed by atoms with E-state index in [0.717, 1.165) is 72.9 Å². The molecule has 1 aliphatic heterocycles. The van der Waals surface area contributed by atoms with Crippen molar-refractivity contribution in [3.05, 3.63) is 106 Å². The van der Waals surface area contributed by atoms with Crippen LogP contribution < -0.4 is 15.8 Å². The number of nitrogens with two attached hydrogens (primary N) is 1. The summed E-state index contributed by atoms with van der Waals surface area (Å²) in [6, 6.07) is 21.4. The average molecular weight is 560 g/mol. The third kappa shape index (κ3) is 6.08. The summed E-state index contributed by atoms with van der Waals surface area (Å²) in [5.41, 5.74) is 15.1. The number of carbonyl (C=O) groups excluding carboxylic acids is 1. The van der Waals surface area contributed by atoms with Crippen molar-refractivity contribution < 1.29 is 9.53 Å². The van der Waals surface area contributed by atoms with Crippen molar-refractivity contribution in [1.82, 2.24) is 14.8 Å². The van der Waals surface area contributed by atoms with Crippen molar-refractivity contribution in [2.24, 2.45) is 0 Å². The zero-order chi connectivity index (χ0) is 29.2. The molecular formula is C35H37N5O2. The summed E-state index contributed by atoms with van der Waals surface area (Å²) in [7, 11) is 2.17. The first-order valence-corrected chi connectivity index (χ1v) is 14.5. The smallest absolute Gasteiger partial charge is 0.256 e. The Labute approximate surface area is 247 Å². The molecule has 2 aliphatic rings. The average Bonchev–Trinajstić information content (AvgIpc) is 3.46. The van der Waals surface area contributed by atoms with Crippen molar-refractivity contribution in [2.75, 3.05) is 44.3 Å². The van der Waals surface area contributed by atoms with Crippen molar-refractivity contribution in [3.63, 3.8) is 0 Å². The molecule has 7 nitrogen and oxygen atoms in total. The van der Waals surface area contributed by atoms with Gasteiger partial charge in [-0.25, -0.2) is 0 Å². The fourth-order valence-electron chi connectivity index (χ4n) is 5.57. The molecule has 0 atom stereocenters. The Kier molecular flexibility index (Phi) is 7.78. The second-order valence-electron chi connectivity index (χ2n) is 11.4. The number of aromatic nitrogens is 1. The van der Waals surface area contributed by atoms with E-state index in [-0.39, 0.29) is 5.91 Å². The number of allylic oxidation sites excluding steroid dienone is 1. The first kappa shape index (κ1) is 27.7. The zero-order valence-corrected chi connectivity index (χ0v) is 24.5. The van der Waals surface area contributed by atoms with Crippen LogP contribution in [0.4, 0.5) is 11.4 Å². The van der Waals surface area contributed by atoms with Crippen LogP contribution in [0, 0.1) is 13.8 Å². The summed E-state index contributed by atoms with van der Waals surface area (Å²) in [4.78, 5) is 23.1. The van der Waals surface area contributed by atoms with E-state index in [2.05, 4.69) is 47.3 Å². The second kappa shape index (κ2) is 11.8. The third-order valence-corrected chi connectivity index (χ3v) is 8.15. The molecule has 1 fully saturated rings. The van der Waals surface area contributed by atoms with Crippen LogP contribution in [0.1, 0.15) is 38.3 Å². The largest absolute Gasteiger partial charge is 0.457 e. The van der Waals surface area contributed by atoms with Crippen LogP contribution in [0.2, 0.25) is 0 Å². The number of hydrogen-bond acceptors (Lipinski definition) is 6. The highest BCUT2D eigenvalue weighted by Gasteiger charge is 2.19. The summed E-state index contributed by atoms with van der Waals surface area (Å²) in [5.74, 6) is 1.13. The highest BCUT2D eigenvalue weighted by Crippen LogP contribution is 2.36. The van der Waals surface area contributed by atoms with Crippen molar-refractivity contribution in [2.45, 2.75) is 26.8 Å². The van der Waals surface area contributed by atoms with Crippen molar-refractivity contribution in [3.8, 4) is 22.8 Å². The topological polar surface area (TPSA) is 83.7 Å². The number of hydrogen-bond donors (Lipinski definition) is 2. The van der Waals surface area contributed by atoms with Gasteiger partial charge in [0.1, 0.15) is 11.5 Å². The number of anilines is 2. The summed E-state index contributed by atoms with van der Waals surface area (Å²) in [6.45, 7) is 9.33. The molecule has 6 rings (SSSR count). The number of pyridine rings is 1. The van der Waals surface area contributed by atoms with Crippen LogP contribution in [0.25, 0.3) is 17.3 Å². The second-order valence-corrected chi connectivity index (χ2v) is 11.4. The Morgan fingerprint density at radius 2 is 1.81 bits per heavy atom. The first-order valence-electron chi connectivity index (χ1n) is 14.5. The van der Waals surface area contributed by atoms with Crippen LogP contribution in [0.15, 0.2) is 72.8 Å². The van der Waals surface area contributed by atoms with E-state index >= 15 is 0 Å². The van der Waals surface area contributed by atoms with Crippen LogP contribution in [-0.2, 0) is 13.0 Å². The molecule has 0 bridgehead atoms. The van der Waals surface area contributed by atoms with E-state index in [1.165, 1.54) is 11.1 Å². The number of nitrogen functional groups attached to an aromatic ring is 1. The molecule has 1 aromatic heterocycles. The highest BCUT2D eigenvalue weighted by molar-refractivity contribution is 6.05. The fourth-order valence-corrected chi connectivity index (χ4v) is 5.57. The normalized spacial score (nSPS) is 15.0. The predicted octanol–water partition coefficient (Wildman–Crippen LogP) is 6.31. The Balaban J connectivity index is 1.20. The quantitative estimate of drug-likeness (QED) is 0.258. The van der Waals surface area contributed by atoms with Crippen molar-refractivity contribution >= 4 is 23.4 Å². The molecule has 1 saturated heterocycles. The molecule has 2 heterocycles. The Morgan fingerprint density at radius 3 is 2.60 bits per heavy atom. The van der Waals surface area contributed by atoms with Gasteiger partial charge in [-0.15, -0.1) is 0 Å². The molecule has 1 amide bonds. The molecule has 0 spiro atoms. The van der Waals surface area contributed by atoms with Gasteiger partial charge in [0.2, 0.25) is 0 Å². The van der Waals surface area contributed by atoms with Gasteiger partial charge in [-0.1, -0.05) is 36.4 Å². The molecule has 42 heavy (non-hydrogen) atoms. The van der Waals surface area contributed by atoms with E-state index in [0.29, 0.717) is 22.7 Å². The number of piperazine rings is 1. The number of benzene rings is 3. The molecule has 0 unspecified atom stereocenters. The van der Waals surface area contributed by atoms with Gasteiger partial charge in [-0.2, -0.15) is 0 Å². The number of likely N-dealkylation sites (N-methyl/N-ethyl adjacent to an activating group) is 1. The maximum Gasteiger partial charge on any atom is 0.256 e. The van der Waals surface area contributed by atoms with Gasteiger partial charge in [0.05, 0.1) is 11.4 Å². The van der Waals surface area contributed by atoms with Gasteiger partial charge in [-0.3, -0.25) is 14.7 Å². The molecule has 0 radical (unpaired) electrons. The number of amides is 1. The highest BCUT2D eigenvalue weighted by atomic mass is 16.5. The summed E-state index contributed by atoms with van der Waals surface area (Å²) < 4.78 is 6.41. The van der Waals surface area contributed by atoms with E-state index in [1.54, 1.807) is 0 Å². The summed E-state index contributed by atoms with van der Waals surface area (Å²) in [5, 5.41) is 3.10. The lowest BCUT2D eigenvalue weighted by Crippen LogP contribution is -2.43. The van der Waals surface area contributed by atoms with Gasteiger partial charge in [0, 0.05) is 73.3 Å². The van der Waals surface area contributed by atoms with Gasteiger partial charge in [0.15, 0.2) is 0 Å². The van der Waals surface area contributed by atoms with Crippen LogP contribution >= 0.6 is 0 Å². The lowest BCUT2D eigenvalue weighted by Gasteiger charge is -2.32. The number of nitrogens with one attached hydrogen (secondary N) is 1. The number of rotatable bonds is 7. The Morgan fingerprint density at radius 1 is 0.976 bits per heavy atom. The number of ether oxygens (including phenoxy) is 1. The number of nitrogens with zero attached hydrogens (tertiary/aromatic N) is 3. The molecule has 7 heteroatoms. The van der Waals surface area contributed by atoms with Gasteiger partial charge < -0.3 is 20.7 Å². The van der Waals surface area contributed by atoms with Crippen LogP contribution in [-0.4, -0.2) is 53.9 Å². The first-order chi connectivity index (χ1) is 20.3. The third-order valence-electron chi connectivity index (χ3n) is 8.15. The molecule has 214 valence electrons. The molecule has 4 aromatic rings. The van der Waals surface area contributed by atoms with Crippen molar-refractivity contribution in [1.29, 1.82) is 0 Å². The van der Waals surface area contributed by atoms with Gasteiger partial charge in [-0.05, 0) is 74.0 Å². The molecule has 3 aromatic carbocycles. The predicted molar refractivity (Wildman–Crippen MR) is 170 cm³/mol. The number of carbonyl (C=O) groups is 1.